The molecule has 0 atom stereocenters. The van der Waals surface area contributed by atoms with Crippen molar-refractivity contribution in [2.75, 3.05) is 13.2 Å². The van der Waals surface area contributed by atoms with Gasteiger partial charge in [-0.1, -0.05) is 0 Å². The van der Waals surface area contributed by atoms with Crippen LogP contribution in [0, 0.1) is 5.82 Å². The van der Waals surface area contributed by atoms with Crippen LogP contribution in [0.1, 0.15) is 13.3 Å². The van der Waals surface area contributed by atoms with E-state index in [9.17, 15) is 18.8 Å². The van der Waals surface area contributed by atoms with Crippen LogP contribution in [-0.4, -0.2) is 41.6 Å². The number of nitrogens with zero attached hydrogens (tertiary/aromatic N) is 1. The first-order valence-electron chi connectivity index (χ1n) is 8.76. The second-order valence-electron chi connectivity index (χ2n) is 6.00. The summed E-state index contributed by atoms with van der Waals surface area (Å²) in [5, 5.41) is 4.06. The highest BCUT2D eigenvalue weighted by Crippen LogP contribution is 2.26. The third-order valence-electron chi connectivity index (χ3n) is 4.03. The van der Waals surface area contributed by atoms with Crippen molar-refractivity contribution >= 4 is 17.8 Å². The second-order valence-corrected chi connectivity index (χ2v) is 6.00. The number of benzene rings is 1. The van der Waals surface area contributed by atoms with Crippen molar-refractivity contribution in [3.63, 3.8) is 0 Å². The summed E-state index contributed by atoms with van der Waals surface area (Å²) < 4.78 is 29.3. The topological polar surface area (TPSA) is 116 Å². The molecule has 0 bridgehead atoms. The molecule has 0 saturated carbocycles. The van der Waals surface area contributed by atoms with Gasteiger partial charge in [-0.25, -0.2) is 14.2 Å². The molecule has 9 nitrogen and oxygen atoms in total. The number of hydrogen-bond acceptors (Lipinski definition) is 7. The number of carbonyl (C=O) groups excluding carboxylic acids is 3. The summed E-state index contributed by atoms with van der Waals surface area (Å²) in [4.78, 5) is 40.3. The fourth-order valence-corrected chi connectivity index (χ4v) is 2.59. The summed E-state index contributed by atoms with van der Waals surface area (Å²) in [6.45, 7) is 2.21. The number of carbonyl (C=O) groups is 3. The minimum atomic E-state index is -1.98. The van der Waals surface area contributed by atoms with Gasteiger partial charge in [-0.2, -0.15) is 0 Å². The molecule has 1 aliphatic rings. The van der Waals surface area contributed by atoms with Crippen molar-refractivity contribution in [3.8, 4) is 17.4 Å². The first kappa shape index (κ1) is 20.2. The van der Waals surface area contributed by atoms with Crippen LogP contribution in [0.15, 0.2) is 42.6 Å². The van der Waals surface area contributed by atoms with Gasteiger partial charge in [0, 0.05) is 19.1 Å². The molecule has 0 spiro atoms. The Morgan fingerprint density at radius 2 is 1.66 bits per heavy atom. The average molecular weight is 403 g/mol. The fourth-order valence-electron chi connectivity index (χ4n) is 2.59. The molecule has 1 saturated heterocycles. The van der Waals surface area contributed by atoms with Gasteiger partial charge in [0.05, 0.1) is 12.8 Å². The van der Waals surface area contributed by atoms with E-state index in [0.717, 1.165) is 0 Å². The highest BCUT2D eigenvalue weighted by molar-refractivity contribution is 6.21. The number of halogens is 1. The molecule has 10 heteroatoms. The van der Waals surface area contributed by atoms with Crippen LogP contribution in [0.2, 0.25) is 0 Å². The summed E-state index contributed by atoms with van der Waals surface area (Å²) in [5.74, 6) is -1.50. The number of hydrogen-bond donors (Lipinski definition) is 2. The predicted octanol–water partition coefficient (Wildman–Crippen LogP) is 1.92. The van der Waals surface area contributed by atoms with E-state index in [1.54, 1.807) is 6.92 Å². The summed E-state index contributed by atoms with van der Waals surface area (Å²) in [7, 11) is 0. The lowest BCUT2D eigenvalue weighted by molar-refractivity contribution is -0.153. The van der Waals surface area contributed by atoms with Crippen LogP contribution in [0.5, 0.6) is 17.4 Å². The van der Waals surface area contributed by atoms with E-state index in [2.05, 4.69) is 4.98 Å². The SMILES string of the molecule is CCOCCC1(Oc2ccc(Oc3ccc(F)cc3)nc2)C(=O)NC(=O)NC1=O. The zero-order valence-electron chi connectivity index (χ0n) is 15.4. The van der Waals surface area contributed by atoms with Crippen molar-refractivity contribution in [1.82, 2.24) is 15.6 Å². The average Bonchev–Trinajstić information content (AvgIpc) is 2.69. The molecule has 2 N–H and O–H groups in total. The van der Waals surface area contributed by atoms with Crippen LogP contribution < -0.4 is 20.1 Å². The Kier molecular flexibility index (Phi) is 6.03. The van der Waals surface area contributed by atoms with Gasteiger partial charge in [-0.3, -0.25) is 20.2 Å². The third-order valence-corrected chi connectivity index (χ3v) is 4.03. The fraction of sp³-hybridized carbons (Fsp3) is 0.263. The van der Waals surface area contributed by atoms with E-state index < -0.39 is 29.3 Å². The zero-order valence-corrected chi connectivity index (χ0v) is 15.4. The van der Waals surface area contributed by atoms with Crippen molar-refractivity contribution in [1.29, 1.82) is 0 Å². The Morgan fingerprint density at radius 1 is 1.00 bits per heavy atom. The Bertz CT molecular complexity index is 881. The molecule has 1 aromatic carbocycles. The molecule has 2 aromatic rings. The molecule has 3 rings (SSSR count). The molecule has 0 aliphatic carbocycles. The van der Waals surface area contributed by atoms with Crippen LogP contribution in [-0.2, 0) is 14.3 Å². The molecule has 29 heavy (non-hydrogen) atoms. The summed E-state index contributed by atoms with van der Waals surface area (Å²) in [6, 6.07) is 7.36. The molecule has 1 aromatic heterocycles. The van der Waals surface area contributed by atoms with E-state index >= 15 is 0 Å². The number of imide groups is 2. The number of aromatic nitrogens is 1. The molecule has 2 heterocycles. The Morgan fingerprint density at radius 3 is 2.24 bits per heavy atom. The van der Waals surface area contributed by atoms with Crippen LogP contribution in [0.3, 0.4) is 0 Å². The van der Waals surface area contributed by atoms with Gasteiger partial charge in [-0.05, 0) is 37.3 Å². The third kappa shape index (κ3) is 4.66. The van der Waals surface area contributed by atoms with E-state index in [4.69, 9.17) is 14.2 Å². The maximum Gasteiger partial charge on any atom is 0.328 e. The molecular formula is C19H18FN3O6. The summed E-state index contributed by atoms with van der Waals surface area (Å²) in [5.41, 5.74) is -1.98. The number of rotatable bonds is 8. The lowest BCUT2D eigenvalue weighted by atomic mass is 9.95. The van der Waals surface area contributed by atoms with Crippen molar-refractivity contribution in [2.45, 2.75) is 18.9 Å². The van der Waals surface area contributed by atoms with Gasteiger partial charge in [-0.15, -0.1) is 0 Å². The molecule has 0 unspecified atom stereocenters. The molecule has 152 valence electrons. The van der Waals surface area contributed by atoms with Gasteiger partial charge in [0.15, 0.2) is 0 Å². The Balaban J connectivity index is 1.76. The lowest BCUT2D eigenvalue weighted by Gasteiger charge is -2.33. The quantitative estimate of drug-likeness (QED) is 0.511. The second kappa shape index (κ2) is 8.65. The number of pyridine rings is 1. The van der Waals surface area contributed by atoms with Crippen molar-refractivity contribution in [2.24, 2.45) is 0 Å². The number of urea groups is 1. The monoisotopic (exact) mass is 403 g/mol. The number of ether oxygens (including phenoxy) is 3. The minimum Gasteiger partial charge on any atom is -0.466 e. The molecule has 1 aliphatic heterocycles. The Labute approximate surface area is 165 Å². The highest BCUT2D eigenvalue weighted by Gasteiger charge is 2.52. The van der Waals surface area contributed by atoms with E-state index in [1.165, 1.54) is 42.6 Å². The van der Waals surface area contributed by atoms with E-state index in [-0.39, 0.29) is 24.7 Å². The van der Waals surface area contributed by atoms with Gasteiger partial charge < -0.3 is 14.2 Å². The molecule has 0 radical (unpaired) electrons. The first-order valence-corrected chi connectivity index (χ1v) is 8.76. The maximum atomic E-state index is 13.0. The predicted molar refractivity (Wildman–Crippen MR) is 96.9 cm³/mol. The van der Waals surface area contributed by atoms with Crippen LogP contribution >= 0.6 is 0 Å². The van der Waals surface area contributed by atoms with Crippen molar-refractivity contribution in [3.05, 3.63) is 48.4 Å². The molecule has 4 amide bonds. The van der Waals surface area contributed by atoms with Crippen LogP contribution in [0.4, 0.5) is 9.18 Å². The zero-order chi connectivity index (χ0) is 20.9. The number of barbiturate groups is 1. The van der Waals surface area contributed by atoms with Crippen LogP contribution in [0.25, 0.3) is 0 Å². The van der Waals surface area contributed by atoms with E-state index in [1.807, 2.05) is 10.6 Å². The standard InChI is InChI=1S/C19H18FN3O6/c1-2-27-10-9-19(16(24)22-18(26)23-17(19)25)29-14-7-8-15(21-11-14)28-13-5-3-12(20)4-6-13/h3-8,11H,2,9-10H2,1H3,(H2,22,23,24,25,26). The lowest BCUT2D eigenvalue weighted by Crippen LogP contribution is -2.69. The van der Waals surface area contributed by atoms with Gasteiger partial charge in [0.2, 0.25) is 5.88 Å². The minimum absolute atomic E-state index is 0.0602. The van der Waals surface area contributed by atoms with Gasteiger partial charge in [0.25, 0.3) is 17.4 Å². The normalized spacial score (nSPS) is 15.4. The molecular weight excluding hydrogens is 385 g/mol. The first-order chi connectivity index (χ1) is 13.9. The molecule has 1 fully saturated rings. The van der Waals surface area contributed by atoms with Gasteiger partial charge in [0.1, 0.15) is 17.3 Å². The Hall–Kier alpha value is -3.53. The van der Waals surface area contributed by atoms with Crippen molar-refractivity contribution < 1.29 is 33.0 Å². The summed E-state index contributed by atoms with van der Waals surface area (Å²) in [6.07, 6.45) is 1.15. The highest BCUT2D eigenvalue weighted by atomic mass is 19.1. The van der Waals surface area contributed by atoms with Gasteiger partial charge >= 0.3 is 6.03 Å². The number of amides is 4. The summed E-state index contributed by atoms with van der Waals surface area (Å²) >= 11 is 0. The smallest absolute Gasteiger partial charge is 0.328 e. The largest absolute Gasteiger partial charge is 0.466 e. The number of nitrogens with one attached hydrogen (secondary N) is 2. The maximum absolute atomic E-state index is 13.0. The van der Waals surface area contributed by atoms with E-state index in [0.29, 0.717) is 12.4 Å².